The zero-order valence-corrected chi connectivity index (χ0v) is 8.93. The van der Waals surface area contributed by atoms with Crippen LogP contribution in [-0.4, -0.2) is 18.0 Å². The van der Waals surface area contributed by atoms with Gasteiger partial charge in [0.2, 0.25) is 0 Å². The van der Waals surface area contributed by atoms with Crippen LogP contribution in [0.2, 0.25) is 0 Å². The summed E-state index contributed by atoms with van der Waals surface area (Å²) in [5, 5.41) is 0. The smallest absolute Gasteiger partial charge is 0.163 e. The van der Waals surface area contributed by atoms with Crippen LogP contribution in [0.5, 0.6) is 0 Å². The van der Waals surface area contributed by atoms with Crippen LogP contribution < -0.4 is 0 Å². The Kier molecular flexibility index (Phi) is 3.14. The van der Waals surface area contributed by atoms with Crippen molar-refractivity contribution >= 4 is 0 Å². The van der Waals surface area contributed by atoms with Crippen LogP contribution in [0, 0.1) is 0 Å². The van der Waals surface area contributed by atoms with Crippen molar-refractivity contribution in [3.05, 3.63) is 12.7 Å². The first kappa shape index (κ1) is 10.7. The average molecular weight is 184 g/mol. The summed E-state index contributed by atoms with van der Waals surface area (Å²) in [6, 6.07) is 0. The molecule has 0 unspecified atom stereocenters. The fourth-order valence-corrected chi connectivity index (χ4v) is 1.72. The van der Waals surface area contributed by atoms with Crippen molar-refractivity contribution in [1.29, 1.82) is 0 Å². The molecule has 0 aromatic carbocycles. The molecule has 0 saturated carbocycles. The molecule has 0 amide bonds. The van der Waals surface area contributed by atoms with E-state index >= 15 is 0 Å². The number of rotatable bonds is 4. The van der Waals surface area contributed by atoms with Crippen molar-refractivity contribution in [1.82, 2.24) is 0 Å². The molecule has 1 atom stereocenters. The molecule has 0 radical (unpaired) electrons. The van der Waals surface area contributed by atoms with E-state index in [4.69, 9.17) is 9.47 Å². The van der Waals surface area contributed by atoms with E-state index < -0.39 is 5.79 Å². The second-order valence-corrected chi connectivity index (χ2v) is 4.42. The van der Waals surface area contributed by atoms with Gasteiger partial charge in [0, 0.05) is 0 Å². The highest BCUT2D eigenvalue weighted by atomic mass is 16.7. The normalized spacial score (nSPS) is 31.9. The summed E-state index contributed by atoms with van der Waals surface area (Å²) in [4.78, 5) is 0. The van der Waals surface area contributed by atoms with Crippen LogP contribution in [0.4, 0.5) is 0 Å². The predicted octanol–water partition coefficient (Wildman–Crippen LogP) is 2.88. The zero-order chi connectivity index (χ0) is 9.95. The van der Waals surface area contributed by atoms with Crippen molar-refractivity contribution in [3.8, 4) is 0 Å². The molecule has 13 heavy (non-hydrogen) atoms. The van der Waals surface area contributed by atoms with E-state index in [0.29, 0.717) is 6.61 Å². The summed E-state index contributed by atoms with van der Waals surface area (Å²) in [5.74, 6) is -0.400. The van der Waals surface area contributed by atoms with Gasteiger partial charge in [0.1, 0.15) is 0 Å². The first-order chi connectivity index (χ1) is 5.97. The molecule has 0 spiro atoms. The summed E-state index contributed by atoms with van der Waals surface area (Å²) in [7, 11) is 0. The van der Waals surface area contributed by atoms with Gasteiger partial charge in [-0.25, -0.2) is 0 Å². The van der Waals surface area contributed by atoms with Gasteiger partial charge in [-0.2, -0.15) is 0 Å². The van der Waals surface area contributed by atoms with Gasteiger partial charge in [-0.1, -0.05) is 6.08 Å². The molecule has 0 aromatic heterocycles. The molecule has 2 heteroatoms. The molecule has 1 heterocycles. The first-order valence-electron chi connectivity index (χ1n) is 4.92. The van der Waals surface area contributed by atoms with E-state index in [0.717, 1.165) is 19.3 Å². The lowest BCUT2D eigenvalue weighted by Crippen LogP contribution is -2.30. The molecule has 1 saturated heterocycles. The minimum absolute atomic E-state index is 0.0908. The lowest BCUT2D eigenvalue weighted by Gasteiger charge is -2.24. The Hall–Kier alpha value is -0.340. The van der Waals surface area contributed by atoms with Crippen molar-refractivity contribution in [2.24, 2.45) is 0 Å². The Labute approximate surface area is 80.9 Å². The van der Waals surface area contributed by atoms with Gasteiger partial charge >= 0.3 is 0 Å². The van der Waals surface area contributed by atoms with Crippen LogP contribution in [-0.2, 0) is 9.47 Å². The second kappa shape index (κ2) is 3.81. The van der Waals surface area contributed by atoms with E-state index in [2.05, 4.69) is 13.5 Å². The number of hydrogen-bond donors (Lipinski definition) is 0. The van der Waals surface area contributed by atoms with Gasteiger partial charge in [-0.3, -0.25) is 0 Å². The predicted molar refractivity (Wildman–Crippen MR) is 53.6 cm³/mol. The standard InChI is InChI=1S/C11H20O2/c1-5-6-7-8-11(4)9-12-10(2,3)13-11/h5H,1,6-9H2,2-4H3/t11-/m1/s1. The number of hydrogen-bond acceptors (Lipinski definition) is 2. The summed E-state index contributed by atoms with van der Waals surface area (Å²) in [6.07, 6.45) is 5.17. The number of ether oxygens (including phenoxy) is 2. The maximum atomic E-state index is 5.83. The molecule has 76 valence electrons. The Bertz CT molecular complexity index is 187. The third kappa shape index (κ3) is 3.12. The molecule has 0 aliphatic carbocycles. The van der Waals surface area contributed by atoms with Crippen molar-refractivity contribution < 1.29 is 9.47 Å². The Balaban J connectivity index is 2.36. The van der Waals surface area contributed by atoms with Gasteiger partial charge in [0.05, 0.1) is 12.2 Å². The largest absolute Gasteiger partial charge is 0.348 e. The molecule has 1 fully saturated rings. The highest BCUT2D eigenvalue weighted by Crippen LogP contribution is 2.33. The molecule has 1 rings (SSSR count). The van der Waals surface area contributed by atoms with E-state index in [-0.39, 0.29) is 5.60 Å². The topological polar surface area (TPSA) is 18.5 Å². The Morgan fingerprint density at radius 3 is 2.54 bits per heavy atom. The zero-order valence-electron chi connectivity index (χ0n) is 8.93. The van der Waals surface area contributed by atoms with Crippen LogP contribution in [0.3, 0.4) is 0 Å². The molecular formula is C11H20O2. The summed E-state index contributed by atoms with van der Waals surface area (Å²) in [6.45, 7) is 10.5. The lowest BCUT2D eigenvalue weighted by molar-refractivity contribution is -0.158. The average Bonchev–Trinajstić information content (AvgIpc) is 2.27. The Morgan fingerprint density at radius 2 is 2.08 bits per heavy atom. The van der Waals surface area contributed by atoms with Crippen molar-refractivity contribution in [2.45, 2.75) is 51.4 Å². The lowest BCUT2D eigenvalue weighted by atomic mass is 10.0. The minimum atomic E-state index is -0.400. The molecule has 0 bridgehead atoms. The molecular weight excluding hydrogens is 164 g/mol. The number of unbranched alkanes of at least 4 members (excludes halogenated alkanes) is 1. The van der Waals surface area contributed by atoms with E-state index in [1.54, 1.807) is 0 Å². The third-order valence-electron chi connectivity index (χ3n) is 2.33. The van der Waals surface area contributed by atoms with Gasteiger partial charge in [0.15, 0.2) is 5.79 Å². The summed E-state index contributed by atoms with van der Waals surface area (Å²) >= 11 is 0. The third-order valence-corrected chi connectivity index (χ3v) is 2.33. The SMILES string of the molecule is C=CCCC[C@]1(C)COC(C)(C)O1. The minimum Gasteiger partial charge on any atom is -0.348 e. The van der Waals surface area contributed by atoms with E-state index in [1.165, 1.54) is 0 Å². The highest BCUT2D eigenvalue weighted by Gasteiger charge is 2.41. The van der Waals surface area contributed by atoms with Crippen LogP contribution >= 0.6 is 0 Å². The van der Waals surface area contributed by atoms with Crippen molar-refractivity contribution in [3.63, 3.8) is 0 Å². The molecule has 0 aromatic rings. The van der Waals surface area contributed by atoms with Gasteiger partial charge in [-0.15, -0.1) is 6.58 Å². The monoisotopic (exact) mass is 184 g/mol. The summed E-state index contributed by atoms with van der Waals surface area (Å²) < 4.78 is 11.4. The van der Waals surface area contributed by atoms with Gasteiger partial charge in [-0.05, 0) is 40.0 Å². The van der Waals surface area contributed by atoms with Crippen LogP contribution in [0.25, 0.3) is 0 Å². The quantitative estimate of drug-likeness (QED) is 0.494. The van der Waals surface area contributed by atoms with Gasteiger partial charge in [0.25, 0.3) is 0 Å². The summed E-state index contributed by atoms with van der Waals surface area (Å²) in [5.41, 5.74) is -0.0908. The second-order valence-electron chi connectivity index (χ2n) is 4.42. The molecule has 2 nitrogen and oxygen atoms in total. The maximum Gasteiger partial charge on any atom is 0.163 e. The molecule has 1 aliphatic rings. The fraction of sp³-hybridized carbons (Fsp3) is 0.818. The van der Waals surface area contributed by atoms with Crippen LogP contribution in [0.1, 0.15) is 40.0 Å². The highest BCUT2D eigenvalue weighted by molar-refractivity contribution is 4.84. The van der Waals surface area contributed by atoms with E-state index in [9.17, 15) is 0 Å². The molecule has 1 aliphatic heterocycles. The fourth-order valence-electron chi connectivity index (χ4n) is 1.72. The Morgan fingerprint density at radius 1 is 1.38 bits per heavy atom. The van der Waals surface area contributed by atoms with Crippen molar-refractivity contribution in [2.75, 3.05) is 6.61 Å². The van der Waals surface area contributed by atoms with Gasteiger partial charge < -0.3 is 9.47 Å². The maximum absolute atomic E-state index is 5.83. The van der Waals surface area contributed by atoms with E-state index in [1.807, 2.05) is 19.9 Å². The van der Waals surface area contributed by atoms with Crippen LogP contribution in [0.15, 0.2) is 12.7 Å². The molecule has 0 N–H and O–H groups in total. The first-order valence-corrected chi connectivity index (χ1v) is 4.92. The number of allylic oxidation sites excluding steroid dienone is 1.